The smallest absolute Gasteiger partial charge is 0.271 e. The second-order valence-corrected chi connectivity index (χ2v) is 4.32. The van der Waals surface area contributed by atoms with Crippen LogP contribution >= 0.6 is 11.6 Å². The third kappa shape index (κ3) is 2.68. The number of nitrogens with one attached hydrogen (secondary N) is 1. The number of hydrogen-bond donors (Lipinski definition) is 2. The monoisotopic (exact) mass is 241 g/mol. The van der Waals surface area contributed by atoms with Gasteiger partial charge in [0, 0.05) is 6.54 Å². The number of aliphatic hydroxyl groups is 1. The molecular weight excluding hydrogens is 230 g/mol. The van der Waals surface area contributed by atoms with Crippen LogP contribution in [0.3, 0.4) is 0 Å². The van der Waals surface area contributed by atoms with Crippen LogP contribution in [0.2, 0.25) is 5.15 Å². The molecule has 0 bridgehead atoms. The van der Waals surface area contributed by atoms with Crippen molar-refractivity contribution in [2.75, 3.05) is 6.54 Å². The minimum absolute atomic E-state index is 0.201. The molecular formula is C10H12ClN3O2. The number of hydrogen-bond acceptors (Lipinski definition) is 4. The van der Waals surface area contributed by atoms with Crippen molar-refractivity contribution in [1.29, 1.82) is 0 Å². The van der Waals surface area contributed by atoms with Gasteiger partial charge in [-0.3, -0.25) is 9.78 Å². The summed E-state index contributed by atoms with van der Waals surface area (Å²) in [6, 6.07) is 0. The first-order valence-electron chi connectivity index (χ1n) is 5.09. The van der Waals surface area contributed by atoms with E-state index in [0.717, 1.165) is 12.8 Å². The summed E-state index contributed by atoms with van der Waals surface area (Å²) >= 11 is 5.62. The van der Waals surface area contributed by atoms with Gasteiger partial charge in [0.25, 0.3) is 5.91 Å². The summed E-state index contributed by atoms with van der Waals surface area (Å²) in [6.45, 7) is 0.560. The fourth-order valence-electron chi connectivity index (χ4n) is 1.65. The van der Waals surface area contributed by atoms with Crippen molar-refractivity contribution in [2.45, 2.75) is 18.9 Å². The summed E-state index contributed by atoms with van der Waals surface area (Å²) in [4.78, 5) is 19.2. The van der Waals surface area contributed by atoms with Gasteiger partial charge >= 0.3 is 0 Å². The third-order valence-electron chi connectivity index (χ3n) is 2.60. The third-order valence-corrected chi connectivity index (χ3v) is 2.78. The van der Waals surface area contributed by atoms with E-state index in [4.69, 9.17) is 16.7 Å². The van der Waals surface area contributed by atoms with E-state index >= 15 is 0 Å². The zero-order chi connectivity index (χ0) is 11.5. The lowest BCUT2D eigenvalue weighted by Gasteiger charge is -2.31. The van der Waals surface area contributed by atoms with Crippen molar-refractivity contribution in [3.8, 4) is 0 Å². The molecule has 1 amide bonds. The lowest BCUT2D eigenvalue weighted by Crippen LogP contribution is -2.38. The first-order valence-corrected chi connectivity index (χ1v) is 5.47. The van der Waals surface area contributed by atoms with Gasteiger partial charge < -0.3 is 10.4 Å². The Bertz CT molecular complexity index is 393. The van der Waals surface area contributed by atoms with Gasteiger partial charge in [-0.25, -0.2) is 4.98 Å². The second-order valence-electron chi connectivity index (χ2n) is 3.93. The van der Waals surface area contributed by atoms with E-state index in [1.54, 1.807) is 0 Å². The number of halogens is 1. The molecule has 0 unspecified atom stereocenters. The molecule has 1 heterocycles. The van der Waals surface area contributed by atoms with Crippen LogP contribution < -0.4 is 5.32 Å². The predicted octanol–water partition coefficient (Wildman–Crippen LogP) is 0.631. The van der Waals surface area contributed by atoms with Crippen molar-refractivity contribution >= 4 is 17.5 Å². The Hall–Kier alpha value is -1.20. The Morgan fingerprint density at radius 2 is 2.31 bits per heavy atom. The number of aliphatic hydroxyl groups excluding tert-OH is 1. The fourth-order valence-corrected chi connectivity index (χ4v) is 1.79. The molecule has 1 saturated carbocycles. The van der Waals surface area contributed by atoms with E-state index < -0.39 is 0 Å². The van der Waals surface area contributed by atoms with E-state index in [2.05, 4.69) is 15.3 Å². The normalized spacial score (nSPS) is 23.6. The number of carbonyl (C=O) groups is 1. The van der Waals surface area contributed by atoms with Crippen LogP contribution in [0.5, 0.6) is 0 Å². The van der Waals surface area contributed by atoms with E-state index in [1.807, 2.05) is 0 Å². The molecule has 0 atom stereocenters. The molecule has 1 aliphatic carbocycles. The molecule has 5 nitrogen and oxygen atoms in total. The standard InChI is InChI=1S/C10H12ClN3O2/c11-9-5-12-4-8(14-9)10(16)13-3-6-1-7(15)2-6/h4-7,15H,1-3H2,(H,13,16). The van der Waals surface area contributed by atoms with Crippen LogP contribution in [-0.4, -0.2) is 33.6 Å². The lowest BCUT2D eigenvalue weighted by molar-refractivity contribution is 0.0419. The van der Waals surface area contributed by atoms with Gasteiger partial charge in [-0.2, -0.15) is 0 Å². The van der Waals surface area contributed by atoms with Crippen LogP contribution in [0, 0.1) is 5.92 Å². The molecule has 1 aromatic rings. The highest BCUT2D eigenvalue weighted by atomic mass is 35.5. The average Bonchev–Trinajstić information content (AvgIpc) is 2.22. The summed E-state index contributed by atoms with van der Waals surface area (Å²) < 4.78 is 0. The van der Waals surface area contributed by atoms with E-state index in [0.29, 0.717) is 12.5 Å². The Labute approximate surface area is 97.9 Å². The maximum atomic E-state index is 11.6. The van der Waals surface area contributed by atoms with Gasteiger partial charge in [-0.15, -0.1) is 0 Å². The number of aromatic nitrogens is 2. The van der Waals surface area contributed by atoms with Gasteiger partial charge in [-0.05, 0) is 18.8 Å². The highest BCUT2D eigenvalue weighted by molar-refractivity contribution is 6.29. The number of carbonyl (C=O) groups excluding carboxylic acids is 1. The largest absolute Gasteiger partial charge is 0.393 e. The highest BCUT2D eigenvalue weighted by Crippen LogP contribution is 2.26. The zero-order valence-corrected chi connectivity index (χ0v) is 9.31. The summed E-state index contributed by atoms with van der Waals surface area (Å²) in [5, 5.41) is 12.0. The molecule has 0 spiro atoms. The maximum Gasteiger partial charge on any atom is 0.271 e. The Balaban J connectivity index is 1.84. The molecule has 0 saturated heterocycles. The molecule has 16 heavy (non-hydrogen) atoms. The first kappa shape index (κ1) is 11.3. The highest BCUT2D eigenvalue weighted by Gasteiger charge is 2.27. The Morgan fingerprint density at radius 3 is 2.94 bits per heavy atom. The molecule has 0 radical (unpaired) electrons. The van der Waals surface area contributed by atoms with Crippen LogP contribution in [-0.2, 0) is 0 Å². The zero-order valence-electron chi connectivity index (χ0n) is 8.56. The number of nitrogens with zero attached hydrogens (tertiary/aromatic N) is 2. The van der Waals surface area contributed by atoms with Gasteiger partial charge in [-0.1, -0.05) is 11.6 Å². The summed E-state index contributed by atoms with van der Waals surface area (Å²) in [6.07, 6.45) is 4.05. The van der Waals surface area contributed by atoms with Crippen LogP contribution in [0.15, 0.2) is 12.4 Å². The quantitative estimate of drug-likeness (QED) is 0.814. The summed E-state index contributed by atoms with van der Waals surface area (Å²) in [5.41, 5.74) is 0.215. The number of amides is 1. The van der Waals surface area contributed by atoms with E-state index in [-0.39, 0.29) is 22.9 Å². The minimum Gasteiger partial charge on any atom is -0.393 e. The molecule has 86 valence electrons. The van der Waals surface area contributed by atoms with Crippen LogP contribution in [0.25, 0.3) is 0 Å². The van der Waals surface area contributed by atoms with Crippen molar-refractivity contribution in [3.05, 3.63) is 23.2 Å². The van der Waals surface area contributed by atoms with Crippen molar-refractivity contribution < 1.29 is 9.90 Å². The molecule has 2 rings (SSSR count). The Morgan fingerprint density at radius 1 is 1.56 bits per heavy atom. The molecule has 1 aromatic heterocycles. The molecule has 0 aromatic carbocycles. The topological polar surface area (TPSA) is 75.1 Å². The van der Waals surface area contributed by atoms with Crippen LogP contribution in [0.4, 0.5) is 0 Å². The van der Waals surface area contributed by atoms with Gasteiger partial charge in [0.2, 0.25) is 0 Å². The van der Waals surface area contributed by atoms with Crippen molar-refractivity contribution in [3.63, 3.8) is 0 Å². The SMILES string of the molecule is O=C(NCC1CC(O)C1)c1cncc(Cl)n1. The number of rotatable bonds is 3. The summed E-state index contributed by atoms with van der Waals surface area (Å²) in [5.74, 6) is 0.0856. The fraction of sp³-hybridized carbons (Fsp3) is 0.500. The molecule has 6 heteroatoms. The van der Waals surface area contributed by atoms with Crippen molar-refractivity contribution in [1.82, 2.24) is 15.3 Å². The van der Waals surface area contributed by atoms with E-state index in [1.165, 1.54) is 12.4 Å². The lowest BCUT2D eigenvalue weighted by atomic mass is 9.82. The van der Waals surface area contributed by atoms with Crippen LogP contribution in [0.1, 0.15) is 23.3 Å². The van der Waals surface area contributed by atoms with Gasteiger partial charge in [0.1, 0.15) is 10.8 Å². The van der Waals surface area contributed by atoms with Crippen molar-refractivity contribution in [2.24, 2.45) is 5.92 Å². The summed E-state index contributed by atoms with van der Waals surface area (Å²) in [7, 11) is 0. The maximum absolute atomic E-state index is 11.6. The van der Waals surface area contributed by atoms with E-state index in [9.17, 15) is 4.79 Å². The van der Waals surface area contributed by atoms with Gasteiger partial charge in [0.15, 0.2) is 0 Å². The molecule has 0 aliphatic heterocycles. The molecule has 2 N–H and O–H groups in total. The predicted molar refractivity (Wildman–Crippen MR) is 58.1 cm³/mol. The first-order chi connectivity index (χ1) is 7.65. The average molecular weight is 242 g/mol. The second kappa shape index (κ2) is 4.76. The van der Waals surface area contributed by atoms with Gasteiger partial charge in [0.05, 0.1) is 18.5 Å². The molecule has 1 aliphatic rings. The minimum atomic E-state index is -0.281. The Kier molecular flexibility index (Phi) is 3.36. The molecule has 1 fully saturated rings.